The molecule has 0 saturated heterocycles. The molecule has 0 aliphatic heterocycles. The normalized spacial score (nSPS) is 11.5. The molecule has 0 atom stereocenters. The van der Waals surface area contributed by atoms with E-state index in [1.54, 1.807) is 0 Å². The lowest BCUT2D eigenvalue weighted by molar-refractivity contribution is 1.43. The van der Waals surface area contributed by atoms with Gasteiger partial charge in [-0.25, -0.2) is 0 Å². The number of hydrogen-bond acceptors (Lipinski definition) is 1. The van der Waals surface area contributed by atoms with Gasteiger partial charge < -0.3 is 0 Å². The van der Waals surface area contributed by atoms with E-state index >= 15 is 0 Å². The number of pyridine rings is 1. The molecule has 10 aromatic rings. The quantitative estimate of drug-likeness (QED) is 0.132. The lowest BCUT2D eigenvalue weighted by Crippen LogP contribution is -1.93. The molecule has 0 spiro atoms. The Hall–Kier alpha value is -6.83. The molecule has 0 fully saturated rings. The van der Waals surface area contributed by atoms with Gasteiger partial charge in [0.25, 0.3) is 0 Å². The number of nitrogens with zero attached hydrogens (tertiary/aromatic N) is 1. The SMILES string of the molecule is c1ccc(-c2cccc(-c3c4ccccc4c(-c4cccc(-c5ccccc5)c4)c4cc(-c5cc6ccccc6c6ncccc56)ccc34)c2)cc1. The summed E-state index contributed by atoms with van der Waals surface area (Å²) in [7, 11) is 0. The van der Waals surface area contributed by atoms with Crippen LogP contribution < -0.4 is 0 Å². The van der Waals surface area contributed by atoms with Crippen molar-refractivity contribution < 1.29 is 0 Å². The van der Waals surface area contributed by atoms with Gasteiger partial charge >= 0.3 is 0 Å². The number of aromatic nitrogens is 1. The van der Waals surface area contributed by atoms with E-state index in [-0.39, 0.29) is 0 Å². The van der Waals surface area contributed by atoms with Crippen molar-refractivity contribution >= 4 is 43.2 Å². The van der Waals surface area contributed by atoms with Crippen molar-refractivity contribution in [2.24, 2.45) is 0 Å². The van der Waals surface area contributed by atoms with Gasteiger partial charge in [0.1, 0.15) is 0 Å². The predicted octanol–water partition coefficient (Wildman–Crippen LogP) is 14.0. The Kier molecular flexibility index (Phi) is 7.22. The summed E-state index contributed by atoms with van der Waals surface area (Å²) < 4.78 is 0. The molecule has 1 heteroatoms. The van der Waals surface area contributed by atoms with Gasteiger partial charge in [-0.1, -0.05) is 164 Å². The first-order valence-corrected chi connectivity index (χ1v) is 17.9. The first-order valence-electron chi connectivity index (χ1n) is 17.9. The zero-order chi connectivity index (χ0) is 34.4. The molecule has 242 valence electrons. The molecule has 0 bridgehead atoms. The first kappa shape index (κ1) is 30.0. The molecule has 0 saturated carbocycles. The minimum absolute atomic E-state index is 1.03. The Morgan fingerprint density at radius 2 is 0.769 bits per heavy atom. The summed E-state index contributed by atoms with van der Waals surface area (Å²) in [5.41, 5.74) is 13.1. The fourth-order valence-corrected chi connectivity index (χ4v) is 8.09. The Labute approximate surface area is 303 Å². The van der Waals surface area contributed by atoms with E-state index in [1.165, 1.54) is 88.0 Å². The fourth-order valence-electron chi connectivity index (χ4n) is 8.09. The van der Waals surface area contributed by atoms with Crippen molar-refractivity contribution in [3.8, 4) is 55.6 Å². The van der Waals surface area contributed by atoms with Crippen LogP contribution in [-0.2, 0) is 0 Å². The van der Waals surface area contributed by atoms with E-state index in [2.05, 4.69) is 188 Å². The Balaban J connectivity index is 1.30. The van der Waals surface area contributed by atoms with Crippen LogP contribution in [0.15, 0.2) is 200 Å². The molecule has 0 radical (unpaired) electrons. The molecule has 0 unspecified atom stereocenters. The topological polar surface area (TPSA) is 12.9 Å². The molecule has 52 heavy (non-hydrogen) atoms. The Bertz CT molecular complexity index is 2940. The molecular weight excluding hydrogens is 627 g/mol. The molecule has 1 aromatic heterocycles. The second kappa shape index (κ2) is 12.5. The molecule has 0 N–H and O–H groups in total. The third-order valence-electron chi connectivity index (χ3n) is 10.5. The lowest BCUT2D eigenvalue weighted by Gasteiger charge is -2.20. The van der Waals surface area contributed by atoms with E-state index in [0.717, 1.165) is 10.9 Å². The van der Waals surface area contributed by atoms with Crippen LogP contribution in [0.3, 0.4) is 0 Å². The van der Waals surface area contributed by atoms with Gasteiger partial charge in [0, 0.05) is 17.0 Å². The number of benzene rings is 9. The summed E-state index contributed by atoms with van der Waals surface area (Å²) in [4.78, 5) is 4.89. The monoisotopic (exact) mass is 659 g/mol. The molecule has 10 rings (SSSR count). The molecule has 9 aromatic carbocycles. The summed E-state index contributed by atoms with van der Waals surface area (Å²) in [5, 5.41) is 8.47. The van der Waals surface area contributed by atoms with E-state index in [9.17, 15) is 0 Å². The van der Waals surface area contributed by atoms with Crippen LogP contribution in [0, 0.1) is 0 Å². The summed E-state index contributed by atoms with van der Waals surface area (Å²) in [6.07, 6.45) is 1.90. The first-order chi connectivity index (χ1) is 25.8. The average Bonchev–Trinajstić information content (AvgIpc) is 3.23. The second-order valence-electron chi connectivity index (χ2n) is 13.5. The van der Waals surface area contributed by atoms with Crippen LogP contribution in [0.2, 0.25) is 0 Å². The lowest BCUT2D eigenvalue weighted by atomic mass is 9.83. The van der Waals surface area contributed by atoms with E-state index in [0.29, 0.717) is 0 Å². The molecule has 0 aliphatic carbocycles. The highest BCUT2D eigenvalue weighted by atomic mass is 14.6. The zero-order valence-electron chi connectivity index (χ0n) is 28.5. The van der Waals surface area contributed by atoms with Gasteiger partial charge in [0.15, 0.2) is 0 Å². The predicted molar refractivity (Wildman–Crippen MR) is 221 cm³/mol. The van der Waals surface area contributed by atoms with Crippen LogP contribution in [0.1, 0.15) is 0 Å². The molecule has 0 aliphatic rings. The third kappa shape index (κ3) is 5.06. The number of hydrogen-bond donors (Lipinski definition) is 0. The minimum Gasteiger partial charge on any atom is -0.256 e. The van der Waals surface area contributed by atoms with Gasteiger partial charge in [-0.2, -0.15) is 0 Å². The summed E-state index contributed by atoms with van der Waals surface area (Å²) in [5.74, 6) is 0. The van der Waals surface area contributed by atoms with E-state index in [4.69, 9.17) is 4.98 Å². The van der Waals surface area contributed by atoms with Gasteiger partial charge in [0.2, 0.25) is 0 Å². The van der Waals surface area contributed by atoms with Gasteiger partial charge in [0.05, 0.1) is 5.52 Å². The fraction of sp³-hybridized carbons (Fsp3) is 0. The van der Waals surface area contributed by atoms with Crippen molar-refractivity contribution in [1.82, 2.24) is 4.98 Å². The third-order valence-corrected chi connectivity index (χ3v) is 10.5. The maximum atomic E-state index is 4.89. The molecule has 1 heterocycles. The number of rotatable bonds is 5. The van der Waals surface area contributed by atoms with Crippen LogP contribution in [0.25, 0.3) is 98.9 Å². The van der Waals surface area contributed by atoms with Crippen molar-refractivity contribution in [2.45, 2.75) is 0 Å². The summed E-state index contributed by atoms with van der Waals surface area (Å²) in [6, 6.07) is 70.6. The highest BCUT2D eigenvalue weighted by Crippen LogP contribution is 2.46. The van der Waals surface area contributed by atoms with Gasteiger partial charge in [-0.05, 0) is 113 Å². The number of fused-ring (bicyclic) bond motifs is 5. The Morgan fingerprint density at radius 3 is 1.42 bits per heavy atom. The highest BCUT2D eigenvalue weighted by Gasteiger charge is 2.19. The van der Waals surface area contributed by atoms with Gasteiger partial charge in [-0.3, -0.25) is 4.98 Å². The van der Waals surface area contributed by atoms with Crippen molar-refractivity contribution in [1.29, 1.82) is 0 Å². The molecular formula is C51H33N. The van der Waals surface area contributed by atoms with Crippen LogP contribution in [0.5, 0.6) is 0 Å². The van der Waals surface area contributed by atoms with Crippen molar-refractivity contribution in [3.63, 3.8) is 0 Å². The van der Waals surface area contributed by atoms with Crippen LogP contribution in [-0.4, -0.2) is 4.98 Å². The van der Waals surface area contributed by atoms with Crippen molar-refractivity contribution in [2.75, 3.05) is 0 Å². The summed E-state index contributed by atoms with van der Waals surface area (Å²) in [6.45, 7) is 0. The van der Waals surface area contributed by atoms with E-state index < -0.39 is 0 Å². The van der Waals surface area contributed by atoms with Crippen LogP contribution in [0.4, 0.5) is 0 Å². The maximum Gasteiger partial charge on any atom is 0.0786 e. The zero-order valence-corrected chi connectivity index (χ0v) is 28.5. The average molecular weight is 660 g/mol. The minimum atomic E-state index is 1.03. The molecule has 1 nitrogen and oxygen atoms in total. The standard InChI is InChI=1S/C51H33N/c1-3-14-34(15-4-1)36-19-11-21-40(30-36)49-43-24-9-10-25-44(43)50(41-22-12-20-37(31-41)35-16-5-2-6-17-35)48-33-39(27-28-45(48)49)47-32-38-18-7-8-23-42(38)51-46(47)26-13-29-52-51/h1-33H. The van der Waals surface area contributed by atoms with Crippen LogP contribution >= 0.6 is 0 Å². The highest BCUT2D eigenvalue weighted by molar-refractivity contribution is 6.23. The summed E-state index contributed by atoms with van der Waals surface area (Å²) >= 11 is 0. The second-order valence-corrected chi connectivity index (χ2v) is 13.5. The van der Waals surface area contributed by atoms with Crippen molar-refractivity contribution in [3.05, 3.63) is 200 Å². The van der Waals surface area contributed by atoms with Gasteiger partial charge in [-0.15, -0.1) is 0 Å². The largest absolute Gasteiger partial charge is 0.256 e. The van der Waals surface area contributed by atoms with E-state index in [1.807, 2.05) is 12.3 Å². The maximum absolute atomic E-state index is 4.89. The molecule has 0 amide bonds. The smallest absolute Gasteiger partial charge is 0.0786 e. The Morgan fingerprint density at radius 1 is 0.269 bits per heavy atom.